The molecule has 19 heavy (non-hydrogen) atoms. The zero-order valence-electron chi connectivity index (χ0n) is 10.5. The molecule has 0 atom stereocenters. The Labute approximate surface area is 114 Å². The Balaban J connectivity index is 1.94. The van der Waals surface area contributed by atoms with E-state index >= 15 is 0 Å². The van der Waals surface area contributed by atoms with Gasteiger partial charge in [0.25, 0.3) is 0 Å². The standard InChI is InChI=1S/C12H13N3O3S/c1-17-10-4-3-8(5-13-10)6-14-12-15-7-9(19-12)11(16)18-2/h3-5,7H,6H2,1-2H3,(H,14,15). The zero-order valence-corrected chi connectivity index (χ0v) is 11.4. The summed E-state index contributed by atoms with van der Waals surface area (Å²) >= 11 is 1.25. The summed E-state index contributed by atoms with van der Waals surface area (Å²) in [4.78, 5) is 19.9. The first-order chi connectivity index (χ1) is 9.22. The molecule has 0 saturated carbocycles. The van der Waals surface area contributed by atoms with Crippen LogP contribution < -0.4 is 10.1 Å². The molecule has 0 unspecified atom stereocenters. The first kappa shape index (κ1) is 13.3. The number of rotatable bonds is 5. The van der Waals surface area contributed by atoms with Crippen molar-refractivity contribution >= 4 is 22.4 Å². The molecule has 0 aliphatic rings. The Morgan fingerprint density at radius 2 is 2.16 bits per heavy atom. The van der Waals surface area contributed by atoms with E-state index in [1.807, 2.05) is 6.07 Å². The second-order valence-electron chi connectivity index (χ2n) is 3.58. The number of carbonyl (C=O) groups excluding carboxylic acids is 1. The molecule has 2 aromatic rings. The highest BCUT2D eigenvalue weighted by molar-refractivity contribution is 7.17. The fourth-order valence-corrected chi connectivity index (χ4v) is 2.09. The zero-order chi connectivity index (χ0) is 13.7. The predicted molar refractivity (Wildman–Crippen MR) is 71.6 cm³/mol. The van der Waals surface area contributed by atoms with Crippen molar-refractivity contribution in [3.8, 4) is 5.88 Å². The van der Waals surface area contributed by atoms with Crippen LogP contribution in [-0.4, -0.2) is 30.2 Å². The van der Waals surface area contributed by atoms with Crippen LogP contribution in [-0.2, 0) is 11.3 Å². The van der Waals surface area contributed by atoms with Crippen molar-refractivity contribution in [2.75, 3.05) is 19.5 Å². The second kappa shape index (κ2) is 6.14. The maximum atomic E-state index is 11.3. The SMILES string of the molecule is COC(=O)c1cnc(NCc2ccc(OC)nc2)s1. The topological polar surface area (TPSA) is 73.3 Å². The molecule has 0 bridgehead atoms. The van der Waals surface area contributed by atoms with Gasteiger partial charge in [-0.1, -0.05) is 17.4 Å². The van der Waals surface area contributed by atoms with E-state index in [0.29, 0.717) is 22.4 Å². The monoisotopic (exact) mass is 279 g/mol. The average Bonchev–Trinajstić information content (AvgIpc) is 2.93. The van der Waals surface area contributed by atoms with Gasteiger partial charge < -0.3 is 14.8 Å². The van der Waals surface area contributed by atoms with E-state index in [1.54, 1.807) is 19.4 Å². The molecule has 0 aliphatic carbocycles. The predicted octanol–water partition coefficient (Wildman–Crippen LogP) is 1.95. The van der Waals surface area contributed by atoms with Crippen LogP contribution in [0, 0.1) is 0 Å². The lowest BCUT2D eigenvalue weighted by atomic mass is 10.3. The molecule has 0 aromatic carbocycles. The fourth-order valence-electron chi connectivity index (χ4n) is 1.36. The van der Waals surface area contributed by atoms with Gasteiger partial charge in [0.2, 0.25) is 5.88 Å². The molecule has 0 fully saturated rings. The van der Waals surface area contributed by atoms with Crippen LogP contribution in [0.4, 0.5) is 5.13 Å². The van der Waals surface area contributed by atoms with Gasteiger partial charge in [0.05, 0.1) is 20.4 Å². The van der Waals surface area contributed by atoms with E-state index in [1.165, 1.54) is 24.6 Å². The molecule has 0 aliphatic heterocycles. The first-order valence-electron chi connectivity index (χ1n) is 5.50. The molecule has 7 heteroatoms. The average molecular weight is 279 g/mol. The number of hydrogen-bond acceptors (Lipinski definition) is 7. The first-order valence-corrected chi connectivity index (χ1v) is 6.31. The van der Waals surface area contributed by atoms with Crippen LogP contribution in [0.5, 0.6) is 5.88 Å². The highest BCUT2D eigenvalue weighted by Gasteiger charge is 2.10. The molecular formula is C12H13N3O3S. The minimum Gasteiger partial charge on any atom is -0.481 e. The number of aromatic nitrogens is 2. The van der Waals surface area contributed by atoms with Crippen molar-refractivity contribution in [1.29, 1.82) is 0 Å². The smallest absolute Gasteiger partial charge is 0.349 e. The number of pyridine rings is 1. The lowest BCUT2D eigenvalue weighted by Gasteiger charge is -2.03. The van der Waals surface area contributed by atoms with Gasteiger partial charge >= 0.3 is 5.97 Å². The van der Waals surface area contributed by atoms with Gasteiger partial charge in [-0.15, -0.1) is 0 Å². The van der Waals surface area contributed by atoms with Crippen molar-refractivity contribution < 1.29 is 14.3 Å². The summed E-state index contributed by atoms with van der Waals surface area (Å²) < 4.78 is 9.60. The number of nitrogens with one attached hydrogen (secondary N) is 1. The largest absolute Gasteiger partial charge is 0.481 e. The molecule has 0 radical (unpaired) electrons. The number of carbonyl (C=O) groups is 1. The van der Waals surface area contributed by atoms with Crippen molar-refractivity contribution in [3.63, 3.8) is 0 Å². The van der Waals surface area contributed by atoms with Crippen LogP contribution in [0.25, 0.3) is 0 Å². The molecule has 2 heterocycles. The summed E-state index contributed by atoms with van der Waals surface area (Å²) in [6, 6.07) is 3.70. The summed E-state index contributed by atoms with van der Waals surface area (Å²) in [6.07, 6.45) is 3.21. The number of nitrogens with zero attached hydrogens (tertiary/aromatic N) is 2. The summed E-state index contributed by atoms with van der Waals surface area (Å²) in [5.74, 6) is 0.197. The van der Waals surface area contributed by atoms with Crippen LogP contribution in [0.3, 0.4) is 0 Å². The summed E-state index contributed by atoms with van der Waals surface area (Å²) in [5.41, 5.74) is 0.996. The van der Waals surface area contributed by atoms with Gasteiger partial charge in [0.1, 0.15) is 4.88 Å². The molecule has 2 aromatic heterocycles. The van der Waals surface area contributed by atoms with Gasteiger partial charge in [-0.3, -0.25) is 0 Å². The molecule has 2 rings (SSSR count). The number of hydrogen-bond donors (Lipinski definition) is 1. The van der Waals surface area contributed by atoms with Crippen LogP contribution >= 0.6 is 11.3 Å². The highest BCUT2D eigenvalue weighted by atomic mass is 32.1. The molecule has 100 valence electrons. The lowest BCUT2D eigenvalue weighted by molar-refractivity contribution is 0.0606. The third kappa shape index (κ3) is 3.41. The number of methoxy groups -OCH3 is 2. The molecule has 6 nitrogen and oxygen atoms in total. The normalized spacial score (nSPS) is 10.0. The number of anilines is 1. The highest BCUT2D eigenvalue weighted by Crippen LogP contribution is 2.19. The van der Waals surface area contributed by atoms with Gasteiger partial charge in [-0.05, 0) is 5.56 Å². The van der Waals surface area contributed by atoms with E-state index < -0.39 is 0 Å². The number of ether oxygens (including phenoxy) is 2. The number of esters is 1. The van der Waals surface area contributed by atoms with Crippen LogP contribution in [0.1, 0.15) is 15.2 Å². The molecule has 0 amide bonds. The molecule has 0 spiro atoms. The van der Waals surface area contributed by atoms with E-state index in [4.69, 9.17) is 4.74 Å². The van der Waals surface area contributed by atoms with Crippen molar-refractivity contribution in [2.45, 2.75) is 6.54 Å². The van der Waals surface area contributed by atoms with E-state index in [9.17, 15) is 4.79 Å². The maximum absolute atomic E-state index is 11.3. The van der Waals surface area contributed by atoms with E-state index in [2.05, 4.69) is 20.0 Å². The third-order valence-electron chi connectivity index (χ3n) is 2.34. The van der Waals surface area contributed by atoms with Crippen LogP contribution in [0.15, 0.2) is 24.5 Å². The Morgan fingerprint density at radius 1 is 1.32 bits per heavy atom. The summed E-state index contributed by atoms with van der Waals surface area (Å²) in [5, 5.41) is 3.78. The lowest BCUT2D eigenvalue weighted by Crippen LogP contribution is -1.99. The maximum Gasteiger partial charge on any atom is 0.349 e. The van der Waals surface area contributed by atoms with Crippen molar-refractivity contribution in [1.82, 2.24) is 9.97 Å². The van der Waals surface area contributed by atoms with Gasteiger partial charge in [-0.2, -0.15) is 0 Å². The van der Waals surface area contributed by atoms with Gasteiger partial charge in [0, 0.05) is 18.8 Å². The summed E-state index contributed by atoms with van der Waals surface area (Å²) in [6.45, 7) is 0.575. The van der Waals surface area contributed by atoms with E-state index in [0.717, 1.165) is 5.56 Å². The Hall–Kier alpha value is -2.15. The van der Waals surface area contributed by atoms with Gasteiger partial charge in [-0.25, -0.2) is 14.8 Å². The number of thiazole rings is 1. The Bertz CT molecular complexity index is 554. The quantitative estimate of drug-likeness (QED) is 0.843. The van der Waals surface area contributed by atoms with Crippen molar-refractivity contribution in [2.24, 2.45) is 0 Å². The summed E-state index contributed by atoms with van der Waals surface area (Å²) in [7, 11) is 2.92. The van der Waals surface area contributed by atoms with E-state index in [-0.39, 0.29) is 5.97 Å². The minimum atomic E-state index is -0.378. The molecular weight excluding hydrogens is 266 g/mol. The molecule has 1 N–H and O–H groups in total. The molecule has 0 saturated heterocycles. The fraction of sp³-hybridized carbons (Fsp3) is 0.250. The van der Waals surface area contributed by atoms with Gasteiger partial charge in [0.15, 0.2) is 5.13 Å². The van der Waals surface area contributed by atoms with Crippen molar-refractivity contribution in [3.05, 3.63) is 35.0 Å². The third-order valence-corrected chi connectivity index (χ3v) is 3.28. The Morgan fingerprint density at radius 3 is 2.79 bits per heavy atom. The van der Waals surface area contributed by atoms with Crippen LogP contribution in [0.2, 0.25) is 0 Å². The Kier molecular flexibility index (Phi) is 4.30. The minimum absolute atomic E-state index is 0.378. The second-order valence-corrected chi connectivity index (χ2v) is 4.61.